The molecule has 0 saturated heterocycles. The molecule has 24 heavy (non-hydrogen) atoms. The Kier molecular flexibility index (Phi) is 4.19. The summed E-state index contributed by atoms with van der Waals surface area (Å²) < 4.78 is 32.6. The molecule has 0 fully saturated rings. The van der Waals surface area contributed by atoms with Crippen molar-refractivity contribution in [1.29, 1.82) is 0 Å². The highest BCUT2D eigenvalue weighted by Gasteiger charge is 2.23. The van der Waals surface area contributed by atoms with Crippen molar-refractivity contribution in [2.45, 2.75) is 12.7 Å². The van der Waals surface area contributed by atoms with Crippen LogP contribution in [0.15, 0.2) is 42.5 Å². The van der Waals surface area contributed by atoms with Gasteiger partial charge in [-0.25, -0.2) is 8.42 Å². The van der Waals surface area contributed by atoms with Gasteiger partial charge in [0.1, 0.15) is 5.75 Å². The molecule has 6 nitrogen and oxygen atoms in total. The fourth-order valence-corrected chi connectivity index (χ4v) is 3.64. The minimum absolute atomic E-state index is 0.0119. The number of ether oxygens (including phenoxy) is 1. The third-order valence-corrected chi connectivity index (χ3v) is 5.06. The molecule has 0 unspecified atom stereocenters. The van der Waals surface area contributed by atoms with Crippen LogP contribution in [-0.4, -0.2) is 28.0 Å². The summed E-state index contributed by atoms with van der Waals surface area (Å²) in [4.78, 5) is 13.1. The van der Waals surface area contributed by atoms with E-state index in [0.29, 0.717) is 22.7 Å². The van der Waals surface area contributed by atoms with Crippen molar-refractivity contribution in [2.24, 2.45) is 0 Å². The van der Waals surface area contributed by atoms with Gasteiger partial charge in [-0.15, -0.1) is 0 Å². The van der Waals surface area contributed by atoms with Gasteiger partial charge in [-0.1, -0.05) is 29.8 Å². The second kappa shape index (κ2) is 6.16. The molecule has 1 aliphatic rings. The van der Waals surface area contributed by atoms with Crippen LogP contribution in [0, 0.1) is 6.92 Å². The van der Waals surface area contributed by atoms with E-state index in [4.69, 9.17) is 4.74 Å². The fraction of sp³-hybridized carbons (Fsp3) is 0.235. The Labute approximate surface area is 141 Å². The molecule has 2 aromatic carbocycles. The number of anilines is 2. The number of aryl methyl sites for hydroxylation is 1. The van der Waals surface area contributed by atoms with E-state index in [9.17, 15) is 13.2 Å². The topological polar surface area (TPSA) is 75.7 Å². The molecule has 1 N–H and O–H groups in total. The molecule has 0 aliphatic carbocycles. The number of hydrogen-bond donors (Lipinski definition) is 1. The summed E-state index contributed by atoms with van der Waals surface area (Å²) in [7, 11) is -1.92. The number of hydrogen-bond acceptors (Lipinski definition) is 4. The highest BCUT2D eigenvalue weighted by molar-refractivity contribution is 7.91. The molecule has 0 spiro atoms. The van der Waals surface area contributed by atoms with E-state index in [0.717, 1.165) is 5.56 Å². The maximum Gasteiger partial charge on any atom is 0.264 e. The van der Waals surface area contributed by atoms with Gasteiger partial charge in [0.2, 0.25) is 10.0 Å². The Morgan fingerprint density at radius 1 is 1.17 bits per heavy atom. The smallest absolute Gasteiger partial charge is 0.264 e. The molecular formula is C17H18N2O4S. The fourth-order valence-electron chi connectivity index (χ4n) is 2.46. The average Bonchev–Trinajstić information content (AvgIpc) is 2.53. The second-order valence-corrected chi connectivity index (χ2v) is 7.49. The highest BCUT2D eigenvalue weighted by Crippen LogP contribution is 2.34. The predicted molar refractivity (Wildman–Crippen MR) is 92.8 cm³/mol. The van der Waals surface area contributed by atoms with Gasteiger partial charge in [0.25, 0.3) is 5.91 Å². The van der Waals surface area contributed by atoms with E-state index >= 15 is 0 Å². The lowest BCUT2D eigenvalue weighted by molar-refractivity contribution is -0.120. The average molecular weight is 346 g/mol. The number of carbonyl (C=O) groups is 1. The lowest BCUT2D eigenvalue weighted by atomic mass is 10.2. The SMILES string of the molecule is Cc1ccc(CS(=O)(=O)Nc2ccc3c(c2)N(C)C(=O)CO3)cc1. The molecule has 0 saturated carbocycles. The summed E-state index contributed by atoms with van der Waals surface area (Å²) in [6.07, 6.45) is 0. The number of nitrogens with one attached hydrogen (secondary N) is 1. The standard InChI is InChI=1S/C17H18N2O4S/c1-12-3-5-13(6-4-12)11-24(21,22)18-14-7-8-16-15(9-14)19(2)17(20)10-23-16/h3-9,18H,10-11H2,1-2H3. The molecule has 0 radical (unpaired) electrons. The van der Waals surface area contributed by atoms with Gasteiger partial charge >= 0.3 is 0 Å². The quantitative estimate of drug-likeness (QED) is 0.922. The summed E-state index contributed by atoms with van der Waals surface area (Å²) in [5, 5.41) is 0. The van der Waals surface area contributed by atoms with E-state index in [2.05, 4.69) is 4.72 Å². The Hall–Kier alpha value is -2.54. The molecule has 0 bridgehead atoms. The van der Waals surface area contributed by atoms with Crippen molar-refractivity contribution in [3.8, 4) is 5.75 Å². The van der Waals surface area contributed by atoms with Crippen LogP contribution in [0.5, 0.6) is 5.75 Å². The first-order valence-corrected chi connectivity index (χ1v) is 9.09. The first-order valence-electron chi connectivity index (χ1n) is 7.43. The third kappa shape index (κ3) is 3.51. The van der Waals surface area contributed by atoms with Gasteiger partial charge in [0.05, 0.1) is 17.1 Å². The Morgan fingerprint density at radius 2 is 1.88 bits per heavy atom. The maximum absolute atomic E-state index is 12.3. The largest absolute Gasteiger partial charge is 0.482 e. The Morgan fingerprint density at radius 3 is 2.58 bits per heavy atom. The van der Waals surface area contributed by atoms with Gasteiger partial charge in [-0.05, 0) is 30.7 Å². The summed E-state index contributed by atoms with van der Waals surface area (Å²) in [5.74, 6) is 0.260. The zero-order valence-corrected chi connectivity index (χ0v) is 14.3. The van der Waals surface area contributed by atoms with Gasteiger partial charge in [0, 0.05) is 7.05 Å². The van der Waals surface area contributed by atoms with Crippen LogP contribution >= 0.6 is 0 Å². The zero-order valence-electron chi connectivity index (χ0n) is 13.4. The molecule has 3 rings (SSSR count). The van der Waals surface area contributed by atoms with Gasteiger partial charge in [-0.3, -0.25) is 9.52 Å². The predicted octanol–water partition coefficient (Wildman–Crippen LogP) is 2.29. The number of benzene rings is 2. The molecule has 0 atom stereocenters. The number of carbonyl (C=O) groups excluding carboxylic acids is 1. The highest BCUT2D eigenvalue weighted by atomic mass is 32.2. The van der Waals surface area contributed by atoms with Gasteiger partial charge in [-0.2, -0.15) is 0 Å². The van der Waals surface area contributed by atoms with Crippen LogP contribution in [0.1, 0.15) is 11.1 Å². The van der Waals surface area contributed by atoms with Crippen LogP contribution in [0.2, 0.25) is 0 Å². The van der Waals surface area contributed by atoms with E-state index < -0.39 is 10.0 Å². The minimum atomic E-state index is -3.55. The number of rotatable bonds is 4. The van der Waals surface area contributed by atoms with E-state index in [1.165, 1.54) is 4.90 Å². The van der Waals surface area contributed by atoms with Crippen molar-refractivity contribution in [3.63, 3.8) is 0 Å². The molecule has 1 aliphatic heterocycles. The summed E-state index contributed by atoms with van der Waals surface area (Å²) in [5.41, 5.74) is 2.72. The number of nitrogens with zero attached hydrogens (tertiary/aromatic N) is 1. The van der Waals surface area contributed by atoms with Gasteiger partial charge < -0.3 is 9.64 Å². The zero-order chi connectivity index (χ0) is 17.3. The number of fused-ring (bicyclic) bond motifs is 1. The molecule has 126 valence electrons. The van der Waals surface area contributed by atoms with Crippen LogP contribution in [0.25, 0.3) is 0 Å². The summed E-state index contributed by atoms with van der Waals surface area (Å²) >= 11 is 0. The second-order valence-electron chi connectivity index (χ2n) is 5.77. The maximum atomic E-state index is 12.3. The third-order valence-electron chi connectivity index (χ3n) is 3.80. The minimum Gasteiger partial charge on any atom is -0.482 e. The van der Waals surface area contributed by atoms with E-state index in [-0.39, 0.29) is 18.3 Å². The van der Waals surface area contributed by atoms with Crippen molar-refractivity contribution >= 4 is 27.3 Å². The number of sulfonamides is 1. The number of likely N-dealkylation sites (N-methyl/N-ethyl adjacent to an activating group) is 1. The normalized spacial score (nSPS) is 14.1. The molecule has 2 aromatic rings. The first kappa shape index (κ1) is 16.3. The van der Waals surface area contributed by atoms with Crippen LogP contribution in [-0.2, 0) is 20.6 Å². The molecule has 1 amide bonds. The van der Waals surface area contributed by atoms with Crippen LogP contribution in [0.3, 0.4) is 0 Å². The number of amides is 1. The van der Waals surface area contributed by atoms with Crippen molar-refractivity contribution in [2.75, 3.05) is 23.3 Å². The Bertz CT molecular complexity index is 876. The lowest BCUT2D eigenvalue weighted by Crippen LogP contribution is -2.35. The van der Waals surface area contributed by atoms with Crippen molar-refractivity contribution in [1.82, 2.24) is 0 Å². The van der Waals surface area contributed by atoms with Crippen molar-refractivity contribution in [3.05, 3.63) is 53.6 Å². The Balaban J connectivity index is 1.80. The monoisotopic (exact) mass is 346 g/mol. The van der Waals surface area contributed by atoms with Crippen LogP contribution < -0.4 is 14.4 Å². The molecule has 1 heterocycles. The molecule has 7 heteroatoms. The van der Waals surface area contributed by atoms with Crippen LogP contribution in [0.4, 0.5) is 11.4 Å². The lowest BCUT2D eigenvalue weighted by Gasteiger charge is -2.26. The molecular weight excluding hydrogens is 328 g/mol. The van der Waals surface area contributed by atoms with Crippen molar-refractivity contribution < 1.29 is 17.9 Å². The summed E-state index contributed by atoms with van der Waals surface area (Å²) in [6, 6.07) is 12.2. The molecule has 0 aromatic heterocycles. The summed E-state index contributed by atoms with van der Waals surface area (Å²) in [6.45, 7) is 1.94. The first-order chi connectivity index (χ1) is 11.3. The van der Waals surface area contributed by atoms with E-state index in [1.54, 1.807) is 37.4 Å². The van der Waals surface area contributed by atoms with E-state index in [1.807, 2.05) is 19.1 Å². The van der Waals surface area contributed by atoms with Gasteiger partial charge in [0.15, 0.2) is 6.61 Å².